The summed E-state index contributed by atoms with van der Waals surface area (Å²) < 4.78 is 10.4. The molecule has 0 unspecified atom stereocenters. The summed E-state index contributed by atoms with van der Waals surface area (Å²) in [5.41, 5.74) is 5.86. The Balaban J connectivity index is 2.39. The molecule has 0 saturated heterocycles. The van der Waals surface area contributed by atoms with Gasteiger partial charge in [0.05, 0.1) is 19.0 Å². The second kappa shape index (κ2) is 6.26. The summed E-state index contributed by atoms with van der Waals surface area (Å²) in [7, 11) is 0. The van der Waals surface area contributed by atoms with Gasteiger partial charge < -0.3 is 15.2 Å². The third-order valence-electron chi connectivity index (χ3n) is 1.56. The lowest BCUT2D eigenvalue weighted by atomic mass is 10.4. The number of aromatic nitrogens is 2. The topological polar surface area (TPSA) is 70.3 Å². The van der Waals surface area contributed by atoms with E-state index in [1.807, 2.05) is 6.92 Å². The van der Waals surface area contributed by atoms with E-state index in [2.05, 4.69) is 9.97 Å². The molecule has 1 heterocycles. The summed E-state index contributed by atoms with van der Waals surface area (Å²) in [5, 5.41) is 0. The summed E-state index contributed by atoms with van der Waals surface area (Å²) in [6, 6.07) is 0. The van der Waals surface area contributed by atoms with E-state index in [0.717, 1.165) is 0 Å². The van der Waals surface area contributed by atoms with Crippen LogP contribution in [0, 0.1) is 0 Å². The van der Waals surface area contributed by atoms with Gasteiger partial charge in [-0.15, -0.1) is 0 Å². The van der Waals surface area contributed by atoms with Gasteiger partial charge in [-0.25, -0.2) is 9.97 Å². The molecule has 6 heteroatoms. The number of rotatable bonds is 6. The molecule has 1 aromatic rings. The van der Waals surface area contributed by atoms with E-state index in [0.29, 0.717) is 31.4 Å². The predicted octanol–water partition coefficient (Wildman–Crippen LogP) is 0.526. The average Bonchev–Trinajstić information content (AvgIpc) is 2.25. The average molecular weight is 227 g/mol. The van der Waals surface area contributed by atoms with Crippen molar-refractivity contribution in [3.63, 3.8) is 0 Å². The van der Waals surface area contributed by atoms with Crippen LogP contribution in [0.25, 0.3) is 0 Å². The zero-order valence-corrected chi connectivity index (χ0v) is 9.29. The number of hydrogen-bond donors (Lipinski definition) is 1. The Morgan fingerprint density at radius 3 is 2.73 bits per heavy atom. The zero-order chi connectivity index (χ0) is 11.1. The Morgan fingerprint density at radius 2 is 2.20 bits per heavy atom. The van der Waals surface area contributed by atoms with Crippen molar-refractivity contribution in [2.45, 2.75) is 6.92 Å². The smallest absolute Gasteiger partial charge is 0.232 e. The van der Waals surface area contributed by atoms with E-state index >= 15 is 0 Å². The molecule has 2 N–H and O–H groups in total. The van der Waals surface area contributed by atoms with Crippen molar-refractivity contribution in [2.24, 2.45) is 5.73 Å². The van der Waals surface area contributed by atoms with Gasteiger partial charge in [-0.1, -0.05) is 12.2 Å². The van der Waals surface area contributed by atoms with Crippen molar-refractivity contribution < 1.29 is 9.47 Å². The van der Waals surface area contributed by atoms with E-state index in [9.17, 15) is 0 Å². The summed E-state index contributed by atoms with van der Waals surface area (Å²) >= 11 is 4.74. The van der Waals surface area contributed by atoms with Crippen molar-refractivity contribution in [1.29, 1.82) is 0 Å². The molecular formula is C9H13N3O2S. The van der Waals surface area contributed by atoms with Gasteiger partial charge >= 0.3 is 0 Å². The van der Waals surface area contributed by atoms with Crippen LogP contribution in [0.1, 0.15) is 12.6 Å². The molecule has 0 aliphatic heterocycles. The van der Waals surface area contributed by atoms with Crippen LogP contribution in [0.5, 0.6) is 5.88 Å². The molecule has 5 nitrogen and oxygen atoms in total. The maximum absolute atomic E-state index is 5.37. The minimum absolute atomic E-state index is 0.225. The van der Waals surface area contributed by atoms with Crippen molar-refractivity contribution >= 4 is 17.2 Å². The van der Waals surface area contributed by atoms with Crippen LogP contribution in [0.3, 0.4) is 0 Å². The van der Waals surface area contributed by atoms with Crippen molar-refractivity contribution in [3.8, 4) is 5.88 Å². The molecule has 0 aliphatic carbocycles. The van der Waals surface area contributed by atoms with Crippen LogP contribution in [-0.2, 0) is 4.74 Å². The summed E-state index contributed by atoms with van der Waals surface area (Å²) in [4.78, 5) is 8.20. The third-order valence-corrected chi connectivity index (χ3v) is 1.77. The maximum atomic E-state index is 5.37. The highest BCUT2D eigenvalue weighted by Crippen LogP contribution is 2.03. The van der Waals surface area contributed by atoms with Gasteiger partial charge in [0, 0.05) is 6.61 Å². The molecule has 0 spiro atoms. The lowest BCUT2D eigenvalue weighted by Crippen LogP contribution is -2.12. The monoisotopic (exact) mass is 227 g/mol. The first-order valence-corrected chi connectivity index (χ1v) is 4.97. The minimum Gasteiger partial charge on any atom is -0.474 e. The van der Waals surface area contributed by atoms with Gasteiger partial charge in [0.2, 0.25) is 5.88 Å². The number of ether oxygens (including phenoxy) is 2. The molecule has 82 valence electrons. The van der Waals surface area contributed by atoms with Crippen LogP contribution in [0.2, 0.25) is 0 Å². The molecule has 0 amide bonds. The largest absolute Gasteiger partial charge is 0.474 e. The van der Waals surface area contributed by atoms with Gasteiger partial charge in [-0.05, 0) is 6.92 Å². The van der Waals surface area contributed by atoms with Crippen LogP contribution >= 0.6 is 12.2 Å². The van der Waals surface area contributed by atoms with Gasteiger partial charge in [0.1, 0.15) is 17.3 Å². The van der Waals surface area contributed by atoms with Gasteiger partial charge in [0.25, 0.3) is 0 Å². The van der Waals surface area contributed by atoms with Crippen LogP contribution in [-0.4, -0.2) is 34.8 Å². The standard InChI is InChI=1S/C9H13N3O2S/c1-2-13-3-4-14-8-6-11-7(5-12-8)9(10)15/h5-6H,2-4H2,1H3,(H2,10,15). The molecule has 0 aliphatic rings. The number of thiocarbonyl (C=S) groups is 1. The van der Waals surface area contributed by atoms with Gasteiger partial charge in [-0.2, -0.15) is 0 Å². The summed E-state index contributed by atoms with van der Waals surface area (Å²) in [5.74, 6) is 0.440. The Bertz CT molecular complexity index is 316. The SMILES string of the molecule is CCOCCOc1cnc(C(N)=S)cn1. The number of nitrogens with two attached hydrogens (primary N) is 1. The van der Waals surface area contributed by atoms with E-state index in [4.69, 9.17) is 27.4 Å². The van der Waals surface area contributed by atoms with Crippen LogP contribution in [0.4, 0.5) is 0 Å². The third kappa shape index (κ3) is 4.18. The molecule has 0 fully saturated rings. The second-order valence-corrected chi connectivity index (χ2v) is 3.09. The van der Waals surface area contributed by atoms with Gasteiger partial charge in [0.15, 0.2) is 0 Å². The maximum Gasteiger partial charge on any atom is 0.232 e. The van der Waals surface area contributed by atoms with Crippen molar-refractivity contribution in [2.75, 3.05) is 19.8 Å². The Morgan fingerprint density at radius 1 is 1.40 bits per heavy atom. The molecule has 0 radical (unpaired) electrons. The van der Waals surface area contributed by atoms with Crippen molar-refractivity contribution in [3.05, 3.63) is 18.1 Å². The Kier molecular flexibility index (Phi) is 4.92. The molecule has 0 aromatic carbocycles. The predicted molar refractivity (Wildman–Crippen MR) is 59.9 cm³/mol. The lowest BCUT2D eigenvalue weighted by Gasteiger charge is -2.04. The van der Waals surface area contributed by atoms with E-state index in [-0.39, 0.29) is 4.99 Å². The number of hydrogen-bond acceptors (Lipinski definition) is 5. The molecule has 0 saturated carbocycles. The van der Waals surface area contributed by atoms with E-state index in [1.165, 1.54) is 12.4 Å². The fourth-order valence-corrected chi connectivity index (χ4v) is 0.973. The summed E-state index contributed by atoms with van der Waals surface area (Å²) in [6.45, 7) is 3.59. The molecule has 1 aromatic heterocycles. The fraction of sp³-hybridized carbons (Fsp3) is 0.444. The molecule has 1 rings (SSSR count). The van der Waals surface area contributed by atoms with Crippen molar-refractivity contribution in [1.82, 2.24) is 9.97 Å². The molecule has 15 heavy (non-hydrogen) atoms. The molecular weight excluding hydrogens is 214 g/mol. The minimum atomic E-state index is 0.225. The van der Waals surface area contributed by atoms with Gasteiger partial charge in [-0.3, -0.25) is 0 Å². The summed E-state index contributed by atoms with van der Waals surface area (Å²) in [6.07, 6.45) is 2.97. The highest BCUT2D eigenvalue weighted by Gasteiger charge is 2.00. The highest BCUT2D eigenvalue weighted by molar-refractivity contribution is 7.80. The Hall–Kier alpha value is -1.27. The molecule has 0 bridgehead atoms. The Labute approximate surface area is 93.6 Å². The number of nitrogens with zero attached hydrogens (tertiary/aromatic N) is 2. The second-order valence-electron chi connectivity index (χ2n) is 2.65. The highest BCUT2D eigenvalue weighted by atomic mass is 32.1. The van der Waals surface area contributed by atoms with E-state index in [1.54, 1.807) is 0 Å². The zero-order valence-electron chi connectivity index (χ0n) is 8.47. The van der Waals surface area contributed by atoms with Crippen LogP contribution < -0.4 is 10.5 Å². The van der Waals surface area contributed by atoms with E-state index < -0.39 is 0 Å². The fourth-order valence-electron chi connectivity index (χ4n) is 0.867. The first-order valence-electron chi connectivity index (χ1n) is 4.56. The first-order chi connectivity index (χ1) is 7.24. The normalized spacial score (nSPS) is 9.93. The first kappa shape index (κ1) is 11.8. The quantitative estimate of drug-likeness (QED) is 0.564. The molecule has 0 atom stereocenters. The lowest BCUT2D eigenvalue weighted by molar-refractivity contribution is 0.108. The van der Waals surface area contributed by atoms with Crippen LogP contribution in [0.15, 0.2) is 12.4 Å².